The van der Waals surface area contributed by atoms with Crippen LogP contribution in [0.4, 0.5) is 4.79 Å². The first-order chi connectivity index (χ1) is 8.95. The maximum atomic E-state index is 11.9. The number of hydrogen-bond donors (Lipinski definition) is 3. The van der Waals surface area contributed by atoms with E-state index in [-0.39, 0.29) is 18.2 Å². The van der Waals surface area contributed by atoms with Gasteiger partial charge in [0, 0.05) is 13.6 Å². The molecule has 2 aliphatic carbocycles. The highest BCUT2D eigenvalue weighted by Crippen LogP contribution is 2.27. The van der Waals surface area contributed by atoms with Gasteiger partial charge in [0.15, 0.2) is 0 Å². The number of aliphatic hydroxyl groups is 1. The number of carbonyl (C=O) groups excluding carboxylic acids is 1. The highest BCUT2D eigenvalue weighted by Gasteiger charge is 2.30. The van der Waals surface area contributed by atoms with Crippen LogP contribution in [-0.4, -0.2) is 52.9 Å². The van der Waals surface area contributed by atoms with E-state index in [2.05, 4.69) is 5.32 Å². The molecule has 1 saturated carbocycles. The molecule has 2 atom stereocenters. The van der Waals surface area contributed by atoms with E-state index in [0.29, 0.717) is 18.9 Å². The SMILES string of the molecule is CN(CC1CC(O)C1)C(=O)NC1C=CC(C(=O)O)C1. The van der Waals surface area contributed by atoms with Crippen molar-refractivity contribution in [3.63, 3.8) is 0 Å². The van der Waals surface area contributed by atoms with Crippen molar-refractivity contribution in [2.75, 3.05) is 13.6 Å². The molecule has 0 spiro atoms. The summed E-state index contributed by atoms with van der Waals surface area (Å²) in [7, 11) is 1.72. The van der Waals surface area contributed by atoms with Crippen LogP contribution in [0.15, 0.2) is 12.2 Å². The highest BCUT2D eigenvalue weighted by molar-refractivity contribution is 5.76. The van der Waals surface area contributed by atoms with Gasteiger partial charge in [-0.15, -0.1) is 0 Å². The third-order valence-corrected chi connectivity index (χ3v) is 3.80. The Labute approximate surface area is 112 Å². The number of amides is 2. The number of urea groups is 1. The fraction of sp³-hybridized carbons (Fsp3) is 0.692. The summed E-state index contributed by atoms with van der Waals surface area (Å²) in [6.07, 6.45) is 5.06. The van der Waals surface area contributed by atoms with Gasteiger partial charge < -0.3 is 20.4 Å². The zero-order chi connectivity index (χ0) is 14.0. The summed E-state index contributed by atoms with van der Waals surface area (Å²) in [4.78, 5) is 24.3. The molecule has 0 aliphatic heterocycles. The predicted molar refractivity (Wildman–Crippen MR) is 68.6 cm³/mol. The third kappa shape index (κ3) is 3.47. The van der Waals surface area contributed by atoms with Gasteiger partial charge in [-0.3, -0.25) is 4.79 Å². The summed E-state index contributed by atoms with van der Waals surface area (Å²) >= 11 is 0. The molecule has 0 aromatic rings. The summed E-state index contributed by atoms with van der Waals surface area (Å²) in [5, 5.41) is 20.9. The maximum absolute atomic E-state index is 11.9. The van der Waals surface area contributed by atoms with Crippen molar-refractivity contribution in [1.82, 2.24) is 10.2 Å². The molecule has 0 bridgehead atoms. The standard InChI is InChI=1S/C13H20N2O4/c1-15(7-8-4-11(16)5-8)13(19)14-10-3-2-9(6-10)12(17)18/h2-3,8-11,16H,4-7H2,1H3,(H,14,19)(H,17,18). The summed E-state index contributed by atoms with van der Waals surface area (Å²) < 4.78 is 0. The Morgan fingerprint density at radius 1 is 1.32 bits per heavy atom. The number of carbonyl (C=O) groups is 2. The fourth-order valence-corrected chi connectivity index (χ4v) is 2.58. The lowest BCUT2D eigenvalue weighted by Crippen LogP contribution is -2.46. The zero-order valence-electron chi connectivity index (χ0n) is 11.0. The molecule has 106 valence electrons. The molecule has 0 heterocycles. The number of aliphatic carboxylic acids is 1. The van der Waals surface area contributed by atoms with E-state index >= 15 is 0 Å². The Kier molecular flexibility index (Phi) is 4.09. The molecular weight excluding hydrogens is 248 g/mol. The van der Waals surface area contributed by atoms with Gasteiger partial charge in [-0.2, -0.15) is 0 Å². The van der Waals surface area contributed by atoms with E-state index in [1.165, 1.54) is 0 Å². The normalized spacial score (nSPS) is 32.7. The molecule has 0 aromatic heterocycles. The Balaban J connectivity index is 1.72. The van der Waals surface area contributed by atoms with Gasteiger partial charge >= 0.3 is 12.0 Å². The summed E-state index contributed by atoms with van der Waals surface area (Å²) in [6.45, 7) is 0.627. The van der Waals surface area contributed by atoms with Crippen LogP contribution in [0.2, 0.25) is 0 Å². The number of nitrogens with zero attached hydrogens (tertiary/aromatic N) is 1. The molecule has 2 aliphatic rings. The molecule has 2 unspecified atom stereocenters. The molecule has 3 N–H and O–H groups in total. The first-order valence-electron chi connectivity index (χ1n) is 6.56. The number of hydrogen-bond acceptors (Lipinski definition) is 3. The van der Waals surface area contributed by atoms with E-state index in [9.17, 15) is 14.7 Å². The van der Waals surface area contributed by atoms with Gasteiger partial charge in [-0.05, 0) is 25.2 Å². The van der Waals surface area contributed by atoms with Crippen LogP contribution in [0.3, 0.4) is 0 Å². The van der Waals surface area contributed by atoms with Gasteiger partial charge in [-0.1, -0.05) is 12.2 Å². The van der Waals surface area contributed by atoms with Crippen LogP contribution in [0, 0.1) is 11.8 Å². The highest BCUT2D eigenvalue weighted by atomic mass is 16.4. The monoisotopic (exact) mass is 268 g/mol. The first-order valence-corrected chi connectivity index (χ1v) is 6.56. The molecule has 1 fully saturated rings. The molecule has 6 nitrogen and oxygen atoms in total. The molecular formula is C13H20N2O4. The Morgan fingerprint density at radius 3 is 2.53 bits per heavy atom. The summed E-state index contributed by atoms with van der Waals surface area (Å²) in [5.41, 5.74) is 0. The molecule has 0 aromatic carbocycles. The van der Waals surface area contributed by atoms with E-state index in [1.54, 1.807) is 24.1 Å². The van der Waals surface area contributed by atoms with Gasteiger partial charge in [0.25, 0.3) is 0 Å². The molecule has 0 radical (unpaired) electrons. The van der Waals surface area contributed by atoms with Crippen molar-refractivity contribution >= 4 is 12.0 Å². The minimum atomic E-state index is -0.857. The number of rotatable bonds is 4. The van der Waals surface area contributed by atoms with E-state index in [1.807, 2.05) is 0 Å². The Hall–Kier alpha value is -1.56. The zero-order valence-corrected chi connectivity index (χ0v) is 11.0. The number of nitrogens with one attached hydrogen (secondary N) is 1. The third-order valence-electron chi connectivity index (χ3n) is 3.80. The van der Waals surface area contributed by atoms with Crippen molar-refractivity contribution in [1.29, 1.82) is 0 Å². The second-order valence-corrected chi connectivity index (χ2v) is 5.49. The van der Waals surface area contributed by atoms with Gasteiger partial charge in [-0.25, -0.2) is 4.79 Å². The van der Waals surface area contributed by atoms with Gasteiger partial charge in [0.1, 0.15) is 0 Å². The van der Waals surface area contributed by atoms with Gasteiger partial charge in [0.2, 0.25) is 0 Å². The lowest BCUT2D eigenvalue weighted by molar-refractivity contribution is -0.140. The summed E-state index contributed by atoms with van der Waals surface area (Å²) in [5.74, 6) is -0.987. The average Bonchev–Trinajstić information content (AvgIpc) is 2.75. The van der Waals surface area contributed by atoms with Crippen LogP contribution in [0.25, 0.3) is 0 Å². The number of carboxylic acids is 1. The van der Waals surface area contributed by atoms with Crippen molar-refractivity contribution < 1.29 is 19.8 Å². The Bertz CT molecular complexity index is 390. The topological polar surface area (TPSA) is 89.9 Å². The minimum absolute atomic E-state index is 0.193. The van der Waals surface area contributed by atoms with Crippen LogP contribution in [0.5, 0.6) is 0 Å². The quantitative estimate of drug-likeness (QED) is 0.645. The largest absolute Gasteiger partial charge is 0.481 e. The van der Waals surface area contributed by atoms with Crippen molar-refractivity contribution in [2.24, 2.45) is 11.8 Å². The lowest BCUT2D eigenvalue weighted by atomic mass is 9.82. The lowest BCUT2D eigenvalue weighted by Gasteiger charge is -2.34. The predicted octanol–water partition coefficient (Wildman–Crippen LogP) is 0.428. The Morgan fingerprint density at radius 2 is 2.00 bits per heavy atom. The first kappa shape index (κ1) is 13.9. The van der Waals surface area contributed by atoms with Gasteiger partial charge in [0.05, 0.1) is 18.1 Å². The maximum Gasteiger partial charge on any atom is 0.317 e. The van der Waals surface area contributed by atoms with E-state index in [0.717, 1.165) is 12.8 Å². The van der Waals surface area contributed by atoms with Crippen molar-refractivity contribution in [2.45, 2.75) is 31.4 Å². The molecule has 6 heteroatoms. The van der Waals surface area contributed by atoms with Crippen LogP contribution >= 0.6 is 0 Å². The van der Waals surface area contributed by atoms with Crippen molar-refractivity contribution in [3.8, 4) is 0 Å². The molecule has 2 rings (SSSR count). The second-order valence-electron chi connectivity index (χ2n) is 5.49. The molecule has 19 heavy (non-hydrogen) atoms. The smallest absolute Gasteiger partial charge is 0.317 e. The van der Waals surface area contributed by atoms with Crippen molar-refractivity contribution in [3.05, 3.63) is 12.2 Å². The van der Waals surface area contributed by atoms with Crippen LogP contribution in [0.1, 0.15) is 19.3 Å². The number of carboxylic acid groups (broad SMARTS) is 1. The number of aliphatic hydroxyl groups excluding tert-OH is 1. The fourth-order valence-electron chi connectivity index (χ4n) is 2.58. The van der Waals surface area contributed by atoms with Crippen LogP contribution < -0.4 is 5.32 Å². The van der Waals surface area contributed by atoms with Crippen LogP contribution in [-0.2, 0) is 4.79 Å². The van der Waals surface area contributed by atoms with E-state index < -0.39 is 11.9 Å². The minimum Gasteiger partial charge on any atom is -0.481 e. The average molecular weight is 268 g/mol. The summed E-state index contributed by atoms with van der Waals surface area (Å²) in [6, 6.07) is -0.398. The molecule has 2 amide bonds. The molecule has 0 saturated heterocycles. The van der Waals surface area contributed by atoms with E-state index in [4.69, 9.17) is 5.11 Å². The second kappa shape index (κ2) is 5.61.